The van der Waals surface area contributed by atoms with Crippen LogP contribution in [0, 0.1) is 5.82 Å². The van der Waals surface area contributed by atoms with Crippen LogP contribution < -0.4 is 5.76 Å². The summed E-state index contributed by atoms with van der Waals surface area (Å²) in [6.45, 7) is 0. The summed E-state index contributed by atoms with van der Waals surface area (Å²) in [5.41, 5.74) is 1.91. The number of pyridine rings is 2. The fourth-order valence-electron chi connectivity index (χ4n) is 2.50. The van der Waals surface area contributed by atoms with Gasteiger partial charge in [0.25, 0.3) is 0 Å². The van der Waals surface area contributed by atoms with Crippen molar-refractivity contribution in [1.29, 1.82) is 0 Å². The van der Waals surface area contributed by atoms with E-state index in [1.165, 1.54) is 35.2 Å². The lowest BCUT2D eigenvalue weighted by molar-refractivity contribution is 0.539. The molecular formula is C17H9ClFN3O2. The Morgan fingerprint density at radius 3 is 2.83 bits per heavy atom. The summed E-state index contributed by atoms with van der Waals surface area (Å²) >= 11 is 5.94. The molecule has 0 unspecified atom stereocenters. The molecule has 3 aromatic heterocycles. The number of nitrogens with zero attached hydrogens (tertiary/aromatic N) is 3. The molecule has 0 aliphatic rings. The van der Waals surface area contributed by atoms with Gasteiger partial charge in [0.2, 0.25) is 0 Å². The molecule has 3 heterocycles. The van der Waals surface area contributed by atoms with Gasteiger partial charge >= 0.3 is 5.76 Å². The third-order valence-corrected chi connectivity index (χ3v) is 3.81. The van der Waals surface area contributed by atoms with Gasteiger partial charge in [-0.25, -0.2) is 13.8 Å². The highest BCUT2D eigenvalue weighted by atomic mass is 35.5. The third-order valence-electron chi connectivity index (χ3n) is 3.58. The molecule has 4 rings (SSSR count). The Kier molecular flexibility index (Phi) is 3.39. The van der Waals surface area contributed by atoms with Crippen LogP contribution in [-0.4, -0.2) is 14.5 Å². The molecule has 0 spiro atoms. The van der Waals surface area contributed by atoms with Crippen LogP contribution >= 0.6 is 11.6 Å². The first-order valence-corrected chi connectivity index (χ1v) is 7.39. The number of aromatic nitrogens is 3. The molecule has 24 heavy (non-hydrogen) atoms. The van der Waals surface area contributed by atoms with Crippen LogP contribution in [-0.2, 0) is 0 Å². The Hall–Kier alpha value is -2.99. The second kappa shape index (κ2) is 5.58. The van der Waals surface area contributed by atoms with Crippen LogP contribution in [0.25, 0.3) is 28.0 Å². The maximum atomic E-state index is 14.1. The van der Waals surface area contributed by atoms with Crippen molar-refractivity contribution in [3.63, 3.8) is 0 Å². The fraction of sp³-hybridized carbons (Fsp3) is 0. The monoisotopic (exact) mass is 341 g/mol. The number of halogens is 2. The predicted octanol–water partition coefficient (Wildman–Crippen LogP) is 3.83. The first kappa shape index (κ1) is 14.6. The van der Waals surface area contributed by atoms with Gasteiger partial charge in [-0.2, -0.15) is 0 Å². The largest absolute Gasteiger partial charge is 0.424 e. The standard InChI is InChI=1S/C17H9ClFN3O2/c18-10-3-4-13(19)12(6-10)14-7-15-16(9-21-14)24-17(23)22(15)11-2-1-5-20-8-11/h1-9H. The average molecular weight is 342 g/mol. The molecular weight excluding hydrogens is 333 g/mol. The molecule has 4 aromatic rings. The second-order valence-corrected chi connectivity index (χ2v) is 5.51. The van der Waals surface area contributed by atoms with Gasteiger partial charge in [0, 0.05) is 16.8 Å². The van der Waals surface area contributed by atoms with Crippen molar-refractivity contribution < 1.29 is 8.81 Å². The van der Waals surface area contributed by atoms with E-state index in [0.717, 1.165) is 0 Å². The zero-order chi connectivity index (χ0) is 16.7. The number of benzene rings is 1. The summed E-state index contributed by atoms with van der Waals surface area (Å²) in [4.78, 5) is 20.3. The van der Waals surface area contributed by atoms with Gasteiger partial charge in [-0.15, -0.1) is 0 Å². The Balaban J connectivity index is 1.99. The highest BCUT2D eigenvalue weighted by molar-refractivity contribution is 6.30. The molecule has 0 radical (unpaired) electrons. The normalized spacial score (nSPS) is 11.1. The lowest BCUT2D eigenvalue weighted by Gasteiger charge is -2.05. The van der Waals surface area contributed by atoms with Gasteiger partial charge in [-0.05, 0) is 36.4 Å². The van der Waals surface area contributed by atoms with Crippen LogP contribution in [0.3, 0.4) is 0 Å². The van der Waals surface area contributed by atoms with Crippen molar-refractivity contribution in [2.45, 2.75) is 0 Å². The van der Waals surface area contributed by atoms with Gasteiger partial charge in [0.15, 0.2) is 5.58 Å². The number of hydrogen-bond donors (Lipinski definition) is 0. The van der Waals surface area contributed by atoms with Crippen molar-refractivity contribution in [3.8, 4) is 16.9 Å². The zero-order valence-corrected chi connectivity index (χ0v) is 12.9. The van der Waals surface area contributed by atoms with Crippen LogP contribution in [0.4, 0.5) is 4.39 Å². The smallest absolute Gasteiger partial charge is 0.406 e. The van der Waals surface area contributed by atoms with Crippen molar-refractivity contribution in [3.05, 3.63) is 76.4 Å². The lowest BCUT2D eigenvalue weighted by atomic mass is 10.1. The summed E-state index contributed by atoms with van der Waals surface area (Å²) in [7, 11) is 0. The van der Waals surface area contributed by atoms with Crippen molar-refractivity contribution >= 4 is 22.7 Å². The predicted molar refractivity (Wildman–Crippen MR) is 87.8 cm³/mol. The lowest BCUT2D eigenvalue weighted by Crippen LogP contribution is -2.11. The minimum Gasteiger partial charge on any atom is -0.406 e. The van der Waals surface area contributed by atoms with E-state index < -0.39 is 11.6 Å². The van der Waals surface area contributed by atoms with Crippen LogP contribution in [0.5, 0.6) is 0 Å². The molecule has 0 bridgehead atoms. The number of rotatable bonds is 2. The molecule has 0 saturated heterocycles. The van der Waals surface area contributed by atoms with Crippen LogP contribution in [0.15, 0.2) is 64.2 Å². The van der Waals surface area contributed by atoms with E-state index in [9.17, 15) is 9.18 Å². The molecule has 7 heteroatoms. The van der Waals surface area contributed by atoms with E-state index in [1.54, 1.807) is 24.4 Å². The van der Waals surface area contributed by atoms with E-state index in [4.69, 9.17) is 16.0 Å². The topological polar surface area (TPSA) is 60.9 Å². The minimum atomic E-state index is -0.566. The highest BCUT2D eigenvalue weighted by Gasteiger charge is 2.15. The van der Waals surface area contributed by atoms with E-state index in [1.807, 2.05) is 0 Å². The maximum Gasteiger partial charge on any atom is 0.424 e. The Morgan fingerprint density at radius 1 is 1.17 bits per heavy atom. The minimum absolute atomic E-state index is 0.246. The Bertz CT molecular complexity index is 1110. The molecule has 5 nitrogen and oxygen atoms in total. The quantitative estimate of drug-likeness (QED) is 0.556. The van der Waals surface area contributed by atoms with E-state index >= 15 is 0 Å². The second-order valence-electron chi connectivity index (χ2n) is 5.08. The number of hydrogen-bond acceptors (Lipinski definition) is 4. The summed E-state index contributed by atoms with van der Waals surface area (Å²) in [6.07, 6.45) is 4.53. The fourth-order valence-corrected chi connectivity index (χ4v) is 2.67. The molecule has 0 aliphatic carbocycles. The van der Waals surface area contributed by atoms with Gasteiger partial charge in [-0.1, -0.05) is 11.6 Å². The van der Waals surface area contributed by atoms with Crippen LogP contribution in [0.1, 0.15) is 0 Å². The zero-order valence-electron chi connectivity index (χ0n) is 12.1. The van der Waals surface area contributed by atoms with E-state index in [-0.39, 0.29) is 5.56 Å². The van der Waals surface area contributed by atoms with E-state index in [2.05, 4.69) is 9.97 Å². The average Bonchev–Trinajstić information content (AvgIpc) is 2.92. The summed E-state index contributed by atoms with van der Waals surface area (Å²) in [5.74, 6) is -1.02. The number of fused-ring (bicyclic) bond motifs is 1. The summed E-state index contributed by atoms with van der Waals surface area (Å²) in [6, 6.07) is 9.23. The van der Waals surface area contributed by atoms with Gasteiger partial charge in [0.1, 0.15) is 5.82 Å². The Morgan fingerprint density at radius 2 is 2.04 bits per heavy atom. The molecule has 0 atom stereocenters. The molecule has 1 aromatic carbocycles. The van der Waals surface area contributed by atoms with Crippen molar-refractivity contribution in [1.82, 2.24) is 14.5 Å². The van der Waals surface area contributed by atoms with Gasteiger partial charge in [0.05, 0.1) is 29.3 Å². The third kappa shape index (κ3) is 2.37. The molecule has 0 N–H and O–H groups in total. The first-order valence-electron chi connectivity index (χ1n) is 7.01. The first-order chi connectivity index (χ1) is 11.6. The number of oxazole rings is 1. The molecule has 118 valence electrons. The molecule has 0 aliphatic heterocycles. The molecule has 0 saturated carbocycles. The van der Waals surface area contributed by atoms with Crippen LogP contribution in [0.2, 0.25) is 5.02 Å². The van der Waals surface area contributed by atoms with Crippen molar-refractivity contribution in [2.75, 3.05) is 0 Å². The van der Waals surface area contributed by atoms with Gasteiger partial charge < -0.3 is 4.42 Å². The SMILES string of the molecule is O=c1oc2cnc(-c3cc(Cl)ccc3F)cc2n1-c1cccnc1. The van der Waals surface area contributed by atoms with Gasteiger partial charge in [-0.3, -0.25) is 9.97 Å². The van der Waals surface area contributed by atoms with Crippen molar-refractivity contribution in [2.24, 2.45) is 0 Å². The summed E-state index contributed by atoms with van der Waals surface area (Å²) < 4.78 is 20.6. The molecule has 0 amide bonds. The summed E-state index contributed by atoms with van der Waals surface area (Å²) in [5, 5.41) is 0.394. The molecule has 0 fully saturated rings. The maximum absolute atomic E-state index is 14.1. The van der Waals surface area contributed by atoms with E-state index in [0.29, 0.717) is 27.5 Å². The Labute approximate surface area is 140 Å². The highest BCUT2D eigenvalue weighted by Crippen LogP contribution is 2.27.